The number of aromatic amines is 1. The van der Waals surface area contributed by atoms with Crippen molar-refractivity contribution in [3.63, 3.8) is 0 Å². The fourth-order valence-corrected chi connectivity index (χ4v) is 5.18. The van der Waals surface area contributed by atoms with Gasteiger partial charge in [0.15, 0.2) is 0 Å². The van der Waals surface area contributed by atoms with E-state index in [9.17, 15) is 14.0 Å². The highest BCUT2D eigenvalue weighted by atomic mass is 32.2. The second-order valence-corrected chi connectivity index (χ2v) is 10.7. The minimum Gasteiger partial charge on any atom is -0.336 e. The van der Waals surface area contributed by atoms with Crippen molar-refractivity contribution < 1.29 is 9.18 Å². The predicted molar refractivity (Wildman–Crippen MR) is 131 cm³/mol. The van der Waals surface area contributed by atoms with Crippen LogP contribution >= 0.6 is 23.1 Å². The molecule has 6 nitrogen and oxygen atoms in total. The number of carbonyl (C=O) groups excluding carboxylic acids is 1. The number of thiophene rings is 1. The van der Waals surface area contributed by atoms with Crippen molar-refractivity contribution in [1.82, 2.24) is 19.8 Å². The summed E-state index contributed by atoms with van der Waals surface area (Å²) in [6, 6.07) is 6.23. The Hall–Kier alpha value is -2.23. The molecular formula is C23H29FN4O2S2. The van der Waals surface area contributed by atoms with Gasteiger partial charge >= 0.3 is 0 Å². The van der Waals surface area contributed by atoms with Crippen LogP contribution in [0, 0.1) is 19.7 Å². The lowest BCUT2D eigenvalue weighted by Gasteiger charge is -2.27. The lowest BCUT2D eigenvalue weighted by atomic mass is 10.2. The molecule has 1 atom stereocenters. The number of amides is 1. The summed E-state index contributed by atoms with van der Waals surface area (Å²) in [5, 5.41) is 0.338. The number of hydrogen-bond acceptors (Lipinski definition) is 6. The van der Waals surface area contributed by atoms with Gasteiger partial charge in [0.05, 0.1) is 16.4 Å². The summed E-state index contributed by atoms with van der Waals surface area (Å²) in [5.41, 5.74) is 1.73. The average Bonchev–Trinajstić information content (AvgIpc) is 3.04. The topological polar surface area (TPSA) is 69.3 Å². The van der Waals surface area contributed by atoms with Crippen LogP contribution in [0.1, 0.15) is 28.8 Å². The molecule has 0 bridgehead atoms. The zero-order valence-corrected chi connectivity index (χ0v) is 20.7. The molecule has 0 radical (unpaired) electrons. The highest BCUT2D eigenvalue weighted by molar-refractivity contribution is 7.99. The van der Waals surface area contributed by atoms with Crippen LogP contribution in [0.4, 0.5) is 4.39 Å². The maximum Gasteiger partial charge on any atom is 0.259 e. The Morgan fingerprint density at radius 1 is 1.22 bits per heavy atom. The van der Waals surface area contributed by atoms with Gasteiger partial charge in [0, 0.05) is 24.5 Å². The van der Waals surface area contributed by atoms with Gasteiger partial charge in [0.1, 0.15) is 16.5 Å². The normalized spacial score (nSPS) is 12.5. The van der Waals surface area contributed by atoms with Crippen LogP contribution in [-0.4, -0.2) is 58.1 Å². The maximum atomic E-state index is 13.3. The SMILES string of the molecule is Cc1sc2nc(CSC(C)C(=O)N(CCN(C)C)Cc3ccc(F)cc3)[nH]c(=O)c2c1C. The van der Waals surface area contributed by atoms with Crippen molar-refractivity contribution in [3.05, 3.63) is 62.3 Å². The van der Waals surface area contributed by atoms with Gasteiger partial charge in [0.25, 0.3) is 5.56 Å². The molecule has 1 amide bonds. The molecule has 1 unspecified atom stereocenters. The molecule has 172 valence electrons. The summed E-state index contributed by atoms with van der Waals surface area (Å²) in [6.07, 6.45) is 0. The molecule has 0 saturated carbocycles. The Kier molecular flexibility index (Phi) is 8.08. The van der Waals surface area contributed by atoms with Crippen LogP contribution in [0.5, 0.6) is 0 Å². The molecule has 2 heterocycles. The molecule has 1 aromatic carbocycles. The maximum absolute atomic E-state index is 13.3. The van der Waals surface area contributed by atoms with E-state index >= 15 is 0 Å². The summed E-state index contributed by atoms with van der Waals surface area (Å²) < 4.78 is 13.3. The summed E-state index contributed by atoms with van der Waals surface area (Å²) >= 11 is 2.97. The molecule has 3 aromatic rings. The smallest absolute Gasteiger partial charge is 0.259 e. The average molecular weight is 477 g/mol. The van der Waals surface area contributed by atoms with Crippen LogP contribution in [-0.2, 0) is 17.1 Å². The number of aromatic nitrogens is 2. The van der Waals surface area contributed by atoms with Gasteiger partial charge in [-0.25, -0.2) is 9.37 Å². The van der Waals surface area contributed by atoms with E-state index in [-0.39, 0.29) is 22.5 Å². The molecule has 0 aliphatic heterocycles. The van der Waals surface area contributed by atoms with Crippen LogP contribution in [0.3, 0.4) is 0 Å². The minimum atomic E-state index is -0.314. The number of carbonyl (C=O) groups is 1. The zero-order valence-electron chi connectivity index (χ0n) is 19.1. The zero-order chi connectivity index (χ0) is 23.4. The molecule has 9 heteroatoms. The van der Waals surface area contributed by atoms with E-state index in [1.165, 1.54) is 35.2 Å². The Morgan fingerprint density at radius 2 is 1.91 bits per heavy atom. The van der Waals surface area contributed by atoms with Crippen molar-refractivity contribution in [3.8, 4) is 0 Å². The first kappa shape index (κ1) is 24.4. The summed E-state index contributed by atoms with van der Waals surface area (Å²) in [7, 11) is 3.93. The molecule has 1 N–H and O–H groups in total. The van der Waals surface area contributed by atoms with E-state index in [1.807, 2.05) is 39.8 Å². The van der Waals surface area contributed by atoms with Crippen LogP contribution in [0.15, 0.2) is 29.1 Å². The number of benzene rings is 1. The third kappa shape index (κ3) is 5.96. The van der Waals surface area contributed by atoms with Gasteiger partial charge in [-0.15, -0.1) is 23.1 Å². The number of H-pyrrole nitrogens is 1. The monoisotopic (exact) mass is 476 g/mol. The second-order valence-electron chi connectivity index (χ2n) is 8.12. The fourth-order valence-electron chi connectivity index (χ4n) is 3.30. The molecular weight excluding hydrogens is 447 g/mol. The summed E-state index contributed by atoms with van der Waals surface area (Å²) in [6.45, 7) is 7.52. The lowest BCUT2D eigenvalue weighted by Crippen LogP contribution is -2.40. The summed E-state index contributed by atoms with van der Waals surface area (Å²) in [5.74, 6) is 0.726. The first-order valence-electron chi connectivity index (χ1n) is 10.4. The van der Waals surface area contributed by atoms with E-state index in [0.717, 1.165) is 27.4 Å². The molecule has 0 saturated heterocycles. The number of aryl methyl sites for hydroxylation is 2. The molecule has 0 spiro atoms. The second kappa shape index (κ2) is 10.6. The van der Waals surface area contributed by atoms with Crippen LogP contribution in [0.2, 0.25) is 0 Å². The van der Waals surface area contributed by atoms with Crippen molar-refractivity contribution >= 4 is 39.2 Å². The first-order valence-corrected chi connectivity index (χ1v) is 12.3. The van der Waals surface area contributed by atoms with E-state index in [1.54, 1.807) is 17.0 Å². The Balaban J connectivity index is 1.70. The Morgan fingerprint density at radius 3 is 2.56 bits per heavy atom. The number of likely N-dealkylation sites (N-methyl/N-ethyl adjacent to an activating group) is 1. The third-order valence-corrected chi connectivity index (χ3v) is 7.56. The van der Waals surface area contributed by atoms with Crippen molar-refractivity contribution in [2.75, 3.05) is 27.2 Å². The highest BCUT2D eigenvalue weighted by Crippen LogP contribution is 2.27. The van der Waals surface area contributed by atoms with Gasteiger partial charge in [-0.3, -0.25) is 9.59 Å². The third-order valence-electron chi connectivity index (χ3n) is 5.32. The van der Waals surface area contributed by atoms with Crippen molar-refractivity contribution in [1.29, 1.82) is 0 Å². The molecule has 32 heavy (non-hydrogen) atoms. The number of thioether (sulfide) groups is 1. The van der Waals surface area contributed by atoms with Gasteiger partial charge in [-0.1, -0.05) is 12.1 Å². The van der Waals surface area contributed by atoms with Gasteiger partial charge in [0.2, 0.25) is 5.91 Å². The van der Waals surface area contributed by atoms with E-state index < -0.39 is 0 Å². The standard InChI is InChI=1S/C23H29FN4O2S2/c1-14-15(2)32-22-20(14)21(29)25-19(26-22)13-31-16(3)23(30)28(11-10-27(4)5)12-17-6-8-18(24)9-7-17/h6-9,16H,10-13H2,1-5H3,(H,25,26,29). The van der Waals surface area contributed by atoms with E-state index in [2.05, 4.69) is 9.97 Å². The Bertz CT molecular complexity index is 1140. The Labute approximate surface area is 195 Å². The van der Waals surface area contributed by atoms with Gasteiger partial charge in [-0.2, -0.15) is 0 Å². The number of fused-ring (bicyclic) bond motifs is 1. The predicted octanol–water partition coefficient (Wildman–Crippen LogP) is 3.95. The lowest BCUT2D eigenvalue weighted by molar-refractivity contribution is -0.131. The van der Waals surface area contributed by atoms with Gasteiger partial charge in [-0.05, 0) is 58.1 Å². The summed E-state index contributed by atoms with van der Waals surface area (Å²) in [4.78, 5) is 38.8. The minimum absolute atomic E-state index is 0.00686. The van der Waals surface area contributed by atoms with Gasteiger partial charge < -0.3 is 14.8 Å². The van der Waals surface area contributed by atoms with E-state index in [4.69, 9.17) is 0 Å². The van der Waals surface area contributed by atoms with E-state index in [0.29, 0.717) is 30.1 Å². The molecule has 2 aromatic heterocycles. The molecule has 0 fully saturated rings. The van der Waals surface area contributed by atoms with Crippen LogP contribution in [0.25, 0.3) is 10.2 Å². The first-order chi connectivity index (χ1) is 15.2. The number of rotatable bonds is 9. The quantitative estimate of drug-likeness (QED) is 0.506. The molecule has 3 rings (SSSR count). The number of nitrogens with zero attached hydrogens (tertiary/aromatic N) is 3. The number of halogens is 1. The fraction of sp³-hybridized carbons (Fsp3) is 0.435. The number of hydrogen-bond donors (Lipinski definition) is 1. The highest BCUT2D eigenvalue weighted by Gasteiger charge is 2.22. The van der Waals surface area contributed by atoms with Crippen molar-refractivity contribution in [2.24, 2.45) is 0 Å². The number of nitrogens with one attached hydrogen (secondary N) is 1. The van der Waals surface area contributed by atoms with Crippen molar-refractivity contribution in [2.45, 2.75) is 38.3 Å². The molecule has 0 aliphatic rings. The largest absolute Gasteiger partial charge is 0.336 e. The van der Waals surface area contributed by atoms with Crippen LogP contribution < -0.4 is 5.56 Å². The molecule has 0 aliphatic carbocycles.